The molecule has 0 unspecified atom stereocenters. The highest BCUT2D eigenvalue weighted by atomic mass is 16.1. The summed E-state index contributed by atoms with van der Waals surface area (Å²) in [4.78, 5) is 21.3. The standard InChI is InChI=1S/C19H26N4O/c1-5-7-11-20-19-21-14(4)12-16(22-19)18(24)23-17-13(3)9-8-10-15(17)6-2/h8-10,12H,5-7,11H2,1-4H3,(H,23,24)(H,20,21,22). The minimum Gasteiger partial charge on any atom is -0.354 e. The highest BCUT2D eigenvalue weighted by Gasteiger charge is 2.13. The number of aryl methyl sites for hydroxylation is 3. The molecule has 0 fully saturated rings. The first-order chi connectivity index (χ1) is 11.5. The van der Waals surface area contributed by atoms with Crippen LogP contribution >= 0.6 is 0 Å². The molecule has 24 heavy (non-hydrogen) atoms. The van der Waals surface area contributed by atoms with Crippen molar-refractivity contribution in [1.82, 2.24) is 9.97 Å². The van der Waals surface area contributed by atoms with Gasteiger partial charge >= 0.3 is 0 Å². The molecule has 0 saturated heterocycles. The molecule has 2 aromatic rings. The van der Waals surface area contributed by atoms with E-state index in [1.807, 2.05) is 32.0 Å². The van der Waals surface area contributed by atoms with Crippen LogP contribution in [0.1, 0.15) is 54.0 Å². The molecule has 0 aliphatic heterocycles. The Labute approximate surface area is 143 Å². The van der Waals surface area contributed by atoms with E-state index in [2.05, 4.69) is 34.4 Å². The summed E-state index contributed by atoms with van der Waals surface area (Å²) >= 11 is 0. The van der Waals surface area contributed by atoms with Gasteiger partial charge in [0.15, 0.2) is 0 Å². The van der Waals surface area contributed by atoms with Crippen molar-refractivity contribution in [3.63, 3.8) is 0 Å². The molecule has 0 spiro atoms. The van der Waals surface area contributed by atoms with Crippen LogP contribution < -0.4 is 10.6 Å². The highest BCUT2D eigenvalue weighted by Crippen LogP contribution is 2.22. The lowest BCUT2D eigenvalue weighted by Crippen LogP contribution is -2.18. The summed E-state index contributed by atoms with van der Waals surface area (Å²) in [5, 5.41) is 6.19. The number of nitrogens with zero attached hydrogens (tertiary/aromatic N) is 2. The third kappa shape index (κ3) is 4.54. The lowest BCUT2D eigenvalue weighted by molar-refractivity contribution is 0.102. The van der Waals surface area contributed by atoms with E-state index in [9.17, 15) is 4.79 Å². The van der Waals surface area contributed by atoms with E-state index >= 15 is 0 Å². The minimum absolute atomic E-state index is 0.206. The van der Waals surface area contributed by atoms with Crippen molar-refractivity contribution in [3.05, 3.63) is 46.8 Å². The third-order valence-corrected chi connectivity index (χ3v) is 3.88. The SMILES string of the molecule is CCCCNc1nc(C)cc(C(=O)Nc2c(C)cccc2CC)n1. The van der Waals surface area contributed by atoms with E-state index in [1.54, 1.807) is 6.07 Å². The van der Waals surface area contributed by atoms with Gasteiger partial charge in [-0.2, -0.15) is 0 Å². The molecule has 0 saturated carbocycles. The van der Waals surface area contributed by atoms with Crippen LogP contribution in [0.3, 0.4) is 0 Å². The Hall–Kier alpha value is -2.43. The molecule has 0 aliphatic rings. The van der Waals surface area contributed by atoms with E-state index in [4.69, 9.17) is 0 Å². The molecule has 5 heteroatoms. The van der Waals surface area contributed by atoms with Crippen LogP contribution in [-0.4, -0.2) is 22.4 Å². The highest BCUT2D eigenvalue weighted by molar-refractivity contribution is 6.04. The van der Waals surface area contributed by atoms with Crippen LogP contribution in [0, 0.1) is 13.8 Å². The summed E-state index contributed by atoms with van der Waals surface area (Å²) in [7, 11) is 0. The maximum absolute atomic E-state index is 12.6. The van der Waals surface area contributed by atoms with Crippen molar-refractivity contribution >= 4 is 17.5 Å². The van der Waals surface area contributed by atoms with Crippen molar-refractivity contribution < 1.29 is 4.79 Å². The molecular formula is C19H26N4O. The van der Waals surface area contributed by atoms with E-state index in [0.29, 0.717) is 11.6 Å². The predicted molar refractivity (Wildman–Crippen MR) is 98.7 cm³/mol. The third-order valence-electron chi connectivity index (χ3n) is 3.88. The Morgan fingerprint density at radius 2 is 1.96 bits per heavy atom. The van der Waals surface area contributed by atoms with Crippen LogP contribution in [0.4, 0.5) is 11.6 Å². The summed E-state index contributed by atoms with van der Waals surface area (Å²) in [5.41, 5.74) is 4.20. The summed E-state index contributed by atoms with van der Waals surface area (Å²) < 4.78 is 0. The van der Waals surface area contributed by atoms with Gasteiger partial charge in [0, 0.05) is 17.9 Å². The number of carbonyl (C=O) groups is 1. The molecule has 1 aromatic carbocycles. The predicted octanol–water partition coefficient (Wildman–Crippen LogP) is 4.12. The number of para-hydroxylation sites is 1. The molecule has 1 heterocycles. The number of aromatic nitrogens is 2. The van der Waals surface area contributed by atoms with Gasteiger partial charge in [0.05, 0.1) is 0 Å². The topological polar surface area (TPSA) is 66.9 Å². The molecule has 2 rings (SSSR count). The number of unbranched alkanes of at least 4 members (excludes halogenated alkanes) is 1. The second-order valence-corrected chi connectivity index (χ2v) is 5.92. The van der Waals surface area contributed by atoms with E-state index < -0.39 is 0 Å². The second-order valence-electron chi connectivity index (χ2n) is 5.92. The number of carbonyl (C=O) groups excluding carboxylic acids is 1. The number of benzene rings is 1. The van der Waals surface area contributed by atoms with Gasteiger partial charge in [-0.1, -0.05) is 38.5 Å². The molecular weight excluding hydrogens is 300 g/mol. The molecule has 0 atom stereocenters. The summed E-state index contributed by atoms with van der Waals surface area (Å²) in [6, 6.07) is 7.75. The summed E-state index contributed by atoms with van der Waals surface area (Å²) in [6.07, 6.45) is 3.01. The molecule has 1 aromatic heterocycles. The molecule has 0 radical (unpaired) electrons. The summed E-state index contributed by atoms with van der Waals surface area (Å²) in [6.45, 7) is 8.88. The lowest BCUT2D eigenvalue weighted by Gasteiger charge is -2.13. The Balaban J connectivity index is 2.21. The van der Waals surface area contributed by atoms with Crippen LogP contribution in [-0.2, 0) is 6.42 Å². The van der Waals surface area contributed by atoms with Crippen molar-refractivity contribution in [2.24, 2.45) is 0 Å². The number of amides is 1. The van der Waals surface area contributed by atoms with Gasteiger partial charge in [0.25, 0.3) is 5.91 Å². The van der Waals surface area contributed by atoms with Gasteiger partial charge in [0.2, 0.25) is 5.95 Å². The maximum Gasteiger partial charge on any atom is 0.274 e. The van der Waals surface area contributed by atoms with E-state index in [1.165, 1.54) is 0 Å². The molecule has 0 bridgehead atoms. The largest absolute Gasteiger partial charge is 0.354 e. The first-order valence-electron chi connectivity index (χ1n) is 8.54. The zero-order valence-corrected chi connectivity index (χ0v) is 14.9. The van der Waals surface area contributed by atoms with Crippen LogP contribution in [0.15, 0.2) is 24.3 Å². The number of hydrogen-bond acceptors (Lipinski definition) is 4. The smallest absolute Gasteiger partial charge is 0.274 e. The van der Waals surface area contributed by atoms with Gasteiger partial charge in [-0.05, 0) is 43.9 Å². The van der Waals surface area contributed by atoms with Crippen LogP contribution in [0.2, 0.25) is 0 Å². The number of rotatable bonds is 7. The molecule has 128 valence electrons. The average Bonchev–Trinajstić information content (AvgIpc) is 2.56. The first-order valence-corrected chi connectivity index (χ1v) is 8.54. The minimum atomic E-state index is -0.206. The monoisotopic (exact) mass is 326 g/mol. The molecule has 1 amide bonds. The molecule has 0 aliphatic carbocycles. The summed E-state index contributed by atoms with van der Waals surface area (Å²) in [5.74, 6) is 0.303. The Bertz CT molecular complexity index is 713. The quantitative estimate of drug-likeness (QED) is 0.751. The van der Waals surface area contributed by atoms with E-state index in [-0.39, 0.29) is 5.91 Å². The first kappa shape index (κ1) is 17.9. The fourth-order valence-electron chi connectivity index (χ4n) is 2.52. The van der Waals surface area contributed by atoms with Gasteiger partial charge in [0.1, 0.15) is 5.69 Å². The number of hydrogen-bond donors (Lipinski definition) is 2. The van der Waals surface area contributed by atoms with Crippen molar-refractivity contribution in [1.29, 1.82) is 0 Å². The molecule has 2 N–H and O–H groups in total. The second kappa shape index (κ2) is 8.43. The maximum atomic E-state index is 12.6. The molecule has 5 nitrogen and oxygen atoms in total. The Morgan fingerprint density at radius 1 is 1.17 bits per heavy atom. The zero-order chi connectivity index (χ0) is 17.5. The van der Waals surface area contributed by atoms with Gasteiger partial charge in [-0.3, -0.25) is 4.79 Å². The van der Waals surface area contributed by atoms with Crippen molar-refractivity contribution in [2.75, 3.05) is 17.2 Å². The fourth-order valence-corrected chi connectivity index (χ4v) is 2.52. The normalized spacial score (nSPS) is 10.5. The van der Waals surface area contributed by atoms with Gasteiger partial charge in [-0.15, -0.1) is 0 Å². The van der Waals surface area contributed by atoms with Gasteiger partial charge < -0.3 is 10.6 Å². The van der Waals surface area contributed by atoms with Crippen LogP contribution in [0.25, 0.3) is 0 Å². The fraction of sp³-hybridized carbons (Fsp3) is 0.421. The van der Waals surface area contributed by atoms with E-state index in [0.717, 1.165) is 48.3 Å². The lowest BCUT2D eigenvalue weighted by atomic mass is 10.1. The van der Waals surface area contributed by atoms with Crippen molar-refractivity contribution in [2.45, 2.75) is 47.0 Å². The number of nitrogens with one attached hydrogen (secondary N) is 2. The van der Waals surface area contributed by atoms with Gasteiger partial charge in [-0.25, -0.2) is 9.97 Å². The zero-order valence-electron chi connectivity index (χ0n) is 14.9. The Kier molecular flexibility index (Phi) is 6.29. The van der Waals surface area contributed by atoms with Crippen LogP contribution in [0.5, 0.6) is 0 Å². The Morgan fingerprint density at radius 3 is 2.67 bits per heavy atom. The average molecular weight is 326 g/mol. The number of anilines is 2. The van der Waals surface area contributed by atoms with Crippen molar-refractivity contribution in [3.8, 4) is 0 Å².